The average Bonchev–Trinajstić information content (AvgIpc) is 3.54. The van der Waals surface area contributed by atoms with Gasteiger partial charge in [-0.1, -0.05) is 24.3 Å². The van der Waals surface area contributed by atoms with E-state index in [4.69, 9.17) is 9.47 Å². The molecule has 2 aromatic heterocycles. The van der Waals surface area contributed by atoms with Crippen molar-refractivity contribution >= 4 is 17.7 Å². The predicted octanol–water partition coefficient (Wildman–Crippen LogP) is 5.06. The van der Waals surface area contributed by atoms with E-state index in [1.807, 2.05) is 35.6 Å². The number of hydrogen-bond donors (Lipinski definition) is 0. The molecule has 6 nitrogen and oxygen atoms in total. The molecule has 0 saturated carbocycles. The fourth-order valence-corrected chi connectivity index (χ4v) is 5.03. The Labute approximate surface area is 199 Å². The van der Waals surface area contributed by atoms with Gasteiger partial charge in [-0.15, -0.1) is 0 Å². The SMILES string of the molecule is O=C1CCCN1c1ccc(-c2cncc(-c3c(OC4CCOCC4)cnc4c3C=CC4)c2)cc1. The van der Waals surface area contributed by atoms with E-state index in [-0.39, 0.29) is 12.0 Å². The van der Waals surface area contributed by atoms with E-state index in [1.165, 1.54) is 0 Å². The highest BCUT2D eigenvalue weighted by atomic mass is 16.5. The molecular formula is C28H27N3O3. The first-order valence-electron chi connectivity index (χ1n) is 12.1. The van der Waals surface area contributed by atoms with Gasteiger partial charge in [0.2, 0.25) is 5.91 Å². The molecule has 6 heteroatoms. The summed E-state index contributed by atoms with van der Waals surface area (Å²) in [6.45, 7) is 2.26. The van der Waals surface area contributed by atoms with Gasteiger partial charge in [0.05, 0.1) is 25.1 Å². The molecule has 0 unspecified atom stereocenters. The van der Waals surface area contributed by atoms with E-state index in [2.05, 4.69) is 40.3 Å². The number of pyridine rings is 2. The van der Waals surface area contributed by atoms with Gasteiger partial charge in [0.25, 0.3) is 0 Å². The second kappa shape index (κ2) is 9.03. The smallest absolute Gasteiger partial charge is 0.227 e. The number of aromatic nitrogens is 2. The zero-order valence-electron chi connectivity index (χ0n) is 19.1. The van der Waals surface area contributed by atoms with Crippen LogP contribution in [0.5, 0.6) is 5.75 Å². The van der Waals surface area contributed by atoms with Gasteiger partial charge in [0.1, 0.15) is 11.9 Å². The van der Waals surface area contributed by atoms with Gasteiger partial charge in [-0.25, -0.2) is 0 Å². The highest BCUT2D eigenvalue weighted by Crippen LogP contribution is 2.39. The predicted molar refractivity (Wildman–Crippen MR) is 132 cm³/mol. The standard InChI is InChI=1S/C28H27N3O3/c32-27-5-2-12-31(27)22-8-6-19(7-9-22)20-15-21(17-29-16-20)28-24-3-1-4-25(24)30-18-26(28)34-23-10-13-33-14-11-23/h1,3,6-9,15-18,23H,2,4-5,10-14H2. The Hall–Kier alpha value is -3.51. The van der Waals surface area contributed by atoms with Crippen molar-refractivity contribution in [1.29, 1.82) is 0 Å². The summed E-state index contributed by atoms with van der Waals surface area (Å²) in [5.74, 6) is 1.01. The van der Waals surface area contributed by atoms with E-state index in [0.29, 0.717) is 6.42 Å². The Morgan fingerprint density at radius 3 is 2.62 bits per heavy atom. The number of carbonyl (C=O) groups is 1. The van der Waals surface area contributed by atoms with Crippen LogP contribution in [-0.2, 0) is 16.0 Å². The van der Waals surface area contributed by atoms with Crippen LogP contribution in [0.25, 0.3) is 28.3 Å². The maximum Gasteiger partial charge on any atom is 0.227 e. The lowest BCUT2D eigenvalue weighted by atomic mass is 9.97. The molecule has 1 amide bonds. The van der Waals surface area contributed by atoms with Gasteiger partial charge in [0.15, 0.2) is 0 Å². The summed E-state index contributed by atoms with van der Waals surface area (Å²) in [6, 6.07) is 10.4. The number of benzene rings is 1. The molecule has 172 valence electrons. The second-order valence-corrected chi connectivity index (χ2v) is 9.05. The van der Waals surface area contributed by atoms with E-state index >= 15 is 0 Å². The summed E-state index contributed by atoms with van der Waals surface area (Å²) < 4.78 is 12.0. The molecule has 4 heterocycles. The lowest BCUT2D eigenvalue weighted by molar-refractivity contribution is -0.117. The minimum Gasteiger partial charge on any atom is -0.488 e. The lowest BCUT2D eigenvalue weighted by Crippen LogP contribution is -2.26. The molecule has 2 fully saturated rings. The van der Waals surface area contributed by atoms with E-state index in [1.54, 1.807) is 0 Å². The van der Waals surface area contributed by atoms with Gasteiger partial charge in [-0.05, 0) is 30.2 Å². The first-order chi connectivity index (χ1) is 16.8. The van der Waals surface area contributed by atoms with E-state index < -0.39 is 0 Å². The Kier molecular flexibility index (Phi) is 5.59. The molecule has 1 aliphatic carbocycles. The molecule has 0 radical (unpaired) electrons. The van der Waals surface area contributed by atoms with Gasteiger partial charge >= 0.3 is 0 Å². The quantitative estimate of drug-likeness (QED) is 0.540. The number of hydrogen-bond acceptors (Lipinski definition) is 5. The first-order valence-corrected chi connectivity index (χ1v) is 12.1. The summed E-state index contributed by atoms with van der Waals surface area (Å²) in [7, 11) is 0. The number of ether oxygens (including phenoxy) is 2. The summed E-state index contributed by atoms with van der Waals surface area (Å²) in [5.41, 5.74) is 7.31. The highest BCUT2D eigenvalue weighted by molar-refractivity contribution is 5.95. The lowest BCUT2D eigenvalue weighted by Gasteiger charge is -2.25. The number of carbonyl (C=O) groups excluding carboxylic acids is 1. The fraction of sp³-hybridized carbons (Fsp3) is 0.321. The van der Waals surface area contributed by atoms with Crippen LogP contribution in [0.15, 0.2) is 55.0 Å². The molecule has 2 saturated heterocycles. The minimum atomic E-state index is 0.134. The molecule has 0 N–H and O–H groups in total. The van der Waals surface area contributed by atoms with Gasteiger partial charge in [0, 0.05) is 72.6 Å². The van der Waals surface area contributed by atoms with Crippen LogP contribution >= 0.6 is 0 Å². The van der Waals surface area contributed by atoms with Crippen molar-refractivity contribution in [1.82, 2.24) is 9.97 Å². The molecule has 0 spiro atoms. The number of nitrogens with zero attached hydrogens (tertiary/aromatic N) is 3. The fourth-order valence-electron chi connectivity index (χ4n) is 5.03. The Morgan fingerprint density at radius 1 is 1.00 bits per heavy atom. The average molecular weight is 454 g/mol. The molecule has 0 atom stereocenters. The van der Waals surface area contributed by atoms with Crippen LogP contribution in [0.3, 0.4) is 0 Å². The summed E-state index contributed by atoms with van der Waals surface area (Å²) in [5, 5.41) is 0. The van der Waals surface area contributed by atoms with Crippen molar-refractivity contribution in [3.63, 3.8) is 0 Å². The maximum absolute atomic E-state index is 12.1. The zero-order chi connectivity index (χ0) is 22.9. The number of anilines is 1. The van der Waals surface area contributed by atoms with Gasteiger partial charge in [-0.2, -0.15) is 0 Å². The monoisotopic (exact) mass is 453 g/mol. The van der Waals surface area contributed by atoms with Crippen molar-refractivity contribution in [2.24, 2.45) is 0 Å². The van der Waals surface area contributed by atoms with Crippen LogP contribution < -0.4 is 9.64 Å². The molecule has 3 aromatic rings. The van der Waals surface area contributed by atoms with E-state index in [0.717, 1.165) is 90.4 Å². The third kappa shape index (κ3) is 3.99. The minimum absolute atomic E-state index is 0.134. The van der Waals surface area contributed by atoms with Crippen molar-refractivity contribution in [2.75, 3.05) is 24.7 Å². The number of allylic oxidation sites excluding steroid dienone is 1. The van der Waals surface area contributed by atoms with Crippen molar-refractivity contribution in [2.45, 2.75) is 38.2 Å². The number of amides is 1. The Morgan fingerprint density at radius 2 is 1.82 bits per heavy atom. The summed E-state index contributed by atoms with van der Waals surface area (Å²) in [6.07, 6.45) is 14.2. The molecule has 34 heavy (non-hydrogen) atoms. The zero-order valence-corrected chi connectivity index (χ0v) is 19.1. The third-order valence-corrected chi connectivity index (χ3v) is 6.83. The Bertz CT molecular complexity index is 1250. The van der Waals surface area contributed by atoms with Crippen LogP contribution in [0, 0.1) is 0 Å². The molecule has 3 aliphatic rings. The van der Waals surface area contributed by atoms with Crippen molar-refractivity contribution in [3.8, 4) is 28.0 Å². The van der Waals surface area contributed by atoms with Crippen LogP contribution in [0.2, 0.25) is 0 Å². The van der Waals surface area contributed by atoms with Crippen molar-refractivity contribution in [3.05, 3.63) is 66.3 Å². The normalized spacial score (nSPS) is 17.9. The third-order valence-electron chi connectivity index (χ3n) is 6.83. The molecule has 2 aliphatic heterocycles. The summed E-state index contributed by atoms with van der Waals surface area (Å²) >= 11 is 0. The van der Waals surface area contributed by atoms with Gasteiger partial charge < -0.3 is 14.4 Å². The molecule has 6 rings (SSSR count). The van der Waals surface area contributed by atoms with Crippen LogP contribution in [0.4, 0.5) is 5.69 Å². The second-order valence-electron chi connectivity index (χ2n) is 9.05. The number of rotatable bonds is 5. The van der Waals surface area contributed by atoms with Gasteiger partial charge in [-0.3, -0.25) is 14.8 Å². The Balaban J connectivity index is 1.35. The maximum atomic E-state index is 12.1. The first kappa shape index (κ1) is 21.1. The largest absolute Gasteiger partial charge is 0.488 e. The highest BCUT2D eigenvalue weighted by Gasteiger charge is 2.23. The molecule has 0 bridgehead atoms. The molecular weight excluding hydrogens is 426 g/mol. The molecule has 1 aromatic carbocycles. The number of fused-ring (bicyclic) bond motifs is 1. The van der Waals surface area contributed by atoms with Crippen LogP contribution in [-0.4, -0.2) is 41.7 Å². The summed E-state index contributed by atoms with van der Waals surface area (Å²) in [4.78, 5) is 23.2. The van der Waals surface area contributed by atoms with Crippen molar-refractivity contribution < 1.29 is 14.3 Å². The van der Waals surface area contributed by atoms with Crippen LogP contribution in [0.1, 0.15) is 36.9 Å². The topological polar surface area (TPSA) is 64.6 Å². The van der Waals surface area contributed by atoms with E-state index in [9.17, 15) is 4.79 Å².